The Bertz CT molecular complexity index is 818. The first-order valence-electron chi connectivity index (χ1n) is 6.13. The molecule has 2 aromatic carbocycles. The zero-order valence-electron chi connectivity index (χ0n) is 11.4. The lowest BCUT2D eigenvalue weighted by Crippen LogP contribution is -2.03. The highest BCUT2D eigenvalue weighted by molar-refractivity contribution is 7.81. The zero-order chi connectivity index (χ0) is 17.0. The predicted octanol–water partition coefficient (Wildman–Crippen LogP) is 2.70. The number of rotatable bonds is 6. The number of benzene rings is 2. The minimum atomic E-state index is -5.11. The van der Waals surface area contributed by atoms with E-state index in [0.717, 1.165) is 30.3 Å². The fraction of sp³-hybridized carbons (Fsp3) is 0.0714. The normalized spacial score (nSPS) is 11.0. The molecule has 122 valence electrons. The summed E-state index contributed by atoms with van der Waals surface area (Å²) in [7, 11) is -5.11. The number of hydrogen-bond acceptors (Lipinski definition) is 5. The largest absolute Gasteiger partial charge is 0.489 e. The Balaban J connectivity index is 2.06. The molecular weight excluding hydrogens is 334 g/mol. The first-order chi connectivity index (χ1) is 10.7. The summed E-state index contributed by atoms with van der Waals surface area (Å²) in [5.74, 6) is -1.84. The van der Waals surface area contributed by atoms with Crippen LogP contribution in [0.2, 0.25) is 0 Å². The molecule has 2 aromatic rings. The van der Waals surface area contributed by atoms with Gasteiger partial charge < -0.3 is 14.0 Å². The van der Waals surface area contributed by atoms with E-state index < -0.39 is 22.3 Å². The van der Waals surface area contributed by atoms with E-state index in [1.165, 1.54) is 12.1 Å². The highest BCUT2D eigenvalue weighted by Gasteiger charge is 2.11. The minimum Gasteiger partial charge on any atom is -0.489 e. The van der Waals surface area contributed by atoms with Gasteiger partial charge in [0.05, 0.1) is 5.56 Å². The fourth-order valence-electron chi connectivity index (χ4n) is 1.69. The van der Waals surface area contributed by atoms with Gasteiger partial charge in [-0.3, -0.25) is 0 Å². The van der Waals surface area contributed by atoms with Gasteiger partial charge >= 0.3 is 16.5 Å². The van der Waals surface area contributed by atoms with Crippen LogP contribution in [-0.2, 0) is 17.1 Å². The molecule has 0 amide bonds. The molecule has 9 heteroatoms. The van der Waals surface area contributed by atoms with Gasteiger partial charge in [-0.2, -0.15) is 8.42 Å². The van der Waals surface area contributed by atoms with Crippen molar-refractivity contribution >= 4 is 16.5 Å². The second kappa shape index (κ2) is 6.61. The molecular formula is C14H10F2O6S. The Morgan fingerprint density at radius 1 is 1.09 bits per heavy atom. The highest BCUT2D eigenvalue weighted by Crippen LogP contribution is 2.21. The Hall–Kier alpha value is -2.68. The lowest BCUT2D eigenvalue weighted by atomic mass is 10.1. The molecule has 0 unspecified atom stereocenters. The average Bonchev–Trinajstić information content (AvgIpc) is 2.46. The zero-order valence-corrected chi connectivity index (χ0v) is 12.2. The average molecular weight is 344 g/mol. The van der Waals surface area contributed by atoms with Gasteiger partial charge in [0.15, 0.2) is 0 Å². The van der Waals surface area contributed by atoms with Crippen LogP contribution in [0.25, 0.3) is 0 Å². The Kier molecular flexibility index (Phi) is 4.80. The maximum absolute atomic E-state index is 13.6. The molecule has 1 N–H and O–H groups in total. The minimum absolute atomic E-state index is 0.0385. The third-order valence-electron chi connectivity index (χ3n) is 2.71. The van der Waals surface area contributed by atoms with Crippen LogP contribution in [0.3, 0.4) is 0 Å². The van der Waals surface area contributed by atoms with E-state index in [9.17, 15) is 21.5 Å². The fourth-order valence-corrected chi connectivity index (χ4v) is 2.03. The number of aromatic carboxylic acids is 1. The molecule has 0 atom stereocenters. The standard InChI is InChI=1S/C14H10F2O6S/c15-13-6-1-9(14(17)18)7-10(13)8-21-11-2-4-12(5-3-11)22-23(16,19)20/h1-7H,8H2,(H,17,18). The van der Waals surface area contributed by atoms with Crippen molar-refractivity contribution in [2.45, 2.75) is 6.61 Å². The molecule has 0 radical (unpaired) electrons. The van der Waals surface area contributed by atoms with Gasteiger partial charge in [-0.15, -0.1) is 0 Å². The van der Waals surface area contributed by atoms with Crippen molar-refractivity contribution in [2.75, 3.05) is 0 Å². The number of carboxylic acid groups (broad SMARTS) is 1. The van der Waals surface area contributed by atoms with Crippen molar-refractivity contribution in [3.05, 3.63) is 59.4 Å². The van der Waals surface area contributed by atoms with Gasteiger partial charge in [0, 0.05) is 5.56 Å². The van der Waals surface area contributed by atoms with Gasteiger partial charge in [-0.1, -0.05) is 3.89 Å². The van der Waals surface area contributed by atoms with Crippen molar-refractivity contribution in [1.82, 2.24) is 0 Å². The monoisotopic (exact) mass is 344 g/mol. The summed E-state index contributed by atoms with van der Waals surface area (Å²) in [5, 5.41) is 8.85. The summed E-state index contributed by atoms with van der Waals surface area (Å²) >= 11 is 0. The van der Waals surface area contributed by atoms with E-state index in [2.05, 4.69) is 4.18 Å². The molecule has 2 rings (SSSR count). The molecule has 0 aliphatic rings. The van der Waals surface area contributed by atoms with E-state index in [1.54, 1.807) is 0 Å². The SMILES string of the molecule is O=C(O)c1ccc(F)c(COc2ccc(OS(=O)(=O)F)cc2)c1. The van der Waals surface area contributed by atoms with Crippen molar-refractivity contribution in [2.24, 2.45) is 0 Å². The summed E-state index contributed by atoms with van der Waals surface area (Å²) in [6, 6.07) is 8.17. The Morgan fingerprint density at radius 3 is 2.26 bits per heavy atom. The maximum atomic E-state index is 13.6. The molecule has 0 spiro atoms. The summed E-state index contributed by atoms with van der Waals surface area (Å²) in [4.78, 5) is 10.8. The first kappa shape index (κ1) is 16.7. The topological polar surface area (TPSA) is 89.9 Å². The van der Waals surface area contributed by atoms with Crippen LogP contribution in [0.5, 0.6) is 11.5 Å². The molecule has 0 aromatic heterocycles. The molecule has 0 saturated carbocycles. The lowest BCUT2D eigenvalue weighted by molar-refractivity contribution is 0.0696. The maximum Gasteiger partial charge on any atom is 0.488 e. The second-order valence-electron chi connectivity index (χ2n) is 4.35. The quantitative estimate of drug-likeness (QED) is 0.811. The first-order valence-corrected chi connectivity index (χ1v) is 7.44. The van der Waals surface area contributed by atoms with Gasteiger partial charge in [0.25, 0.3) is 0 Å². The molecule has 0 aliphatic carbocycles. The second-order valence-corrected chi connectivity index (χ2v) is 5.30. The van der Waals surface area contributed by atoms with Crippen LogP contribution in [0.4, 0.5) is 8.28 Å². The number of hydrogen-bond donors (Lipinski definition) is 1. The molecule has 0 saturated heterocycles. The van der Waals surface area contributed by atoms with E-state index in [0.29, 0.717) is 0 Å². The summed E-state index contributed by atoms with van der Waals surface area (Å²) < 4.78 is 55.8. The third kappa shape index (κ3) is 4.92. The summed E-state index contributed by atoms with van der Waals surface area (Å²) in [6.07, 6.45) is 0. The predicted molar refractivity (Wildman–Crippen MR) is 74.8 cm³/mol. The van der Waals surface area contributed by atoms with Crippen LogP contribution in [0.15, 0.2) is 42.5 Å². The summed E-state index contributed by atoms with van der Waals surface area (Å²) in [5.41, 5.74) is -0.0431. The van der Waals surface area contributed by atoms with E-state index in [-0.39, 0.29) is 29.2 Å². The van der Waals surface area contributed by atoms with E-state index in [1.807, 2.05) is 0 Å². The van der Waals surface area contributed by atoms with Crippen molar-refractivity contribution in [3.63, 3.8) is 0 Å². The van der Waals surface area contributed by atoms with Crippen molar-refractivity contribution in [1.29, 1.82) is 0 Å². The van der Waals surface area contributed by atoms with Crippen LogP contribution in [0, 0.1) is 5.82 Å². The van der Waals surface area contributed by atoms with Crippen molar-refractivity contribution in [3.8, 4) is 11.5 Å². The number of ether oxygens (including phenoxy) is 1. The highest BCUT2D eigenvalue weighted by atomic mass is 32.3. The van der Waals surface area contributed by atoms with Crippen molar-refractivity contribution < 1.29 is 35.5 Å². The summed E-state index contributed by atoms with van der Waals surface area (Å²) in [6.45, 7) is -0.242. The Morgan fingerprint density at radius 2 is 1.70 bits per heavy atom. The molecule has 0 bridgehead atoms. The van der Waals surface area contributed by atoms with Crippen LogP contribution >= 0.6 is 0 Å². The lowest BCUT2D eigenvalue weighted by Gasteiger charge is -2.08. The van der Waals surface area contributed by atoms with Gasteiger partial charge in [-0.25, -0.2) is 9.18 Å². The number of halogens is 2. The van der Waals surface area contributed by atoms with E-state index >= 15 is 0 Å². The third-order valence-corrected chi connectivity index (χ3v) is 3.10. The smallest absolute Gasteiger partial charge is 0.488 e. The molecule has 6 nitrogen and oxygen atoms in total. The molecule has 0 aliphatic heterocycles. The number of carboxylic acids is 1. The van der Waals surface area contributed by atoms with Crippen LogP contribution in [-0.4, -0.2) is 19.5 Å². The van der Waals surface area contributed by atoms with Gasteiger partial charge in [-0.05, 0) is 42.5 Å². The molecule has 0 fully saturated rings. The van der Waals surface area contributed by atoms with Crippen LogP contribution < -0.4 is 8.92 Å². The van der Waals surface area contributed by atoms with Gasteiger partial charge in [0.2, 0.25) is 0 Å². The molecule has 0 heterocycles. The van der Waals surface area contributed by atoms with Gasteiger partial charge in [0.1, 0.15) is 23.9 Å². The number of carbonyl (C=O) groups is 1. The molecule has 23 heavy (non-hydrogen) atoms. The van der Waals surface area contributed by atoms with Crippen LogP contribution in [0.1, 0.15) is 15.9 Å². The Labute approximate surface area is 130 Å². The van der Waals surface area contributed by atoms with E-state index in [4.69, 9.17) is 9.84 Å².